The van der Waals surface area contributed by atoms with E-state index in [0.717, 1.165) is 16.6 Å². The first-order chi connectivity index (χ1) is 9.92. The van der Waals surface area contributed by atoms with E-state index < -0.39 is 18.9 Å². The topological polar surface area (TPSA) is 67.2 Å². The lowest BCUT2D eigenvalue weighted by Crippen LogP contribution is -2.13. The summed E-state index contributed by atoms with van der Waals surface area (Å²) in [5, 5.41) is 16.5. The van der Waals surface area contributed by atoms with Gasteiger partial charge in [-0.3, -0.25) is 9.48 Å². The molecule has 5 nitrogen and oxygen atoms in total. The third-order valence-corrected chi connectivity index (χ3v) is 3.25. The fraction of sp³-hybridized carbons (Fsp3) is 0.429. The van der Waals surface area contributed by atoms with E-state index in [-0.39, 0.29) is 6.54 Å². The van der Waals surface area contributed by atoms with E-state index in [0.29, 0.717) is 17.6 Å². The standard InChI is InChI=1S/C14H17F2N3O2/c1-3-10-9-4-8(2)11(17-6-14(20)21)5-12(9)19(18-10)7-13(15)16/h4-5,13,17H,3,6-7H2,1-2H3,(H,20,21). The van der Waals surface area contributed by atoms with Crippen molar-refractivity contribution in [1.29, 1.82) is 0 Å². The zero-order valence-corrected chi connectivity index (χ0v) is 11.9. The van der Waals surface area contributed by atoms with E-state index in [9.17, 15) is 13.6 Å². The highest BCUT2D eigenvalue weighted by atomic mass is 19.3. The van der Waals surface area contributed by atoms with Crippen molar-refractivity contribution in [2.24, 2.45) is 0 Å². The van der Waals surface area contributed by atoms with Gasteiger partial charge >= 0.3 is 5.97 Å². The lowest BCUT2D eigenvalue weighted by Gasteiger charge is -2.09. The van der Waals surface area contributed by atoms with Gasteiger partial charge in [-0.25, -0.2) is 8.78 Å². The molecule has 0 fully saturated rings. The molecule has 0 saturated carbocycles. The first kappa shape index (κ1) is 15.2. The predicted molar refractivity (Wildman–Crippen MR) is 76.0 cm³/mol. The molecule has 0 amide bonds. The van der Waals surface area contributed by atoms with Gasteiger partial charge in [-0.05, 0) is 31.0 Å². The Bertz CT molecular complexity index is 668. The number of halogens is 2. The summed E-state index contributed by atoms with van der Waals surface area (Å²) in [6, 6.07) is 3.54. The second-order valence-corrected chi connectivity index (χ2v) is 4.81. The Morgan fingerprint density at radius 3 is 2.76 bits per heavy atom. The highest BCUT2D eigenvalue weighted by Gasteiger charge is 2.15. The zero-order chi connectivity index (χ0) is 15.6. The van der Waals surface area contributed by atoms with Crippen molar-refractivity contribution in [2.45, 2.75) is 33.2 Å². The van der Waals surface area contributed by atoms with Gasteiger partial charge in [0.25, 0.3) is 6.43 Å². The van der Waals surface area contributed by atoms with Crippen LogP contribution in [0.4, 0.5) is 14.5 Å². The quantitative estimate of drug-likeness (QED) is 0.860. The smallest absolute Gasteiger partial charge is 0.322 e. The van der Waals surface area contributed by atoms with Crippen LogP contribution in [0.25, 0.3) is 10.9 Å². The van der Waals surface area contributed by atoms with Gasteiger partial charge in [-0.15, -0.1) is 0 Å². The van der Waals surface area contributed by atoms with Crippen molar-refractivity contribution in [3.8, 4) is 0 Å². The molecule has 2 N–H and O–H groups in total. The number of aliphatic carboxylic acids is 1. The molecular weight excluding hydrogens is 280 g/mol. The molecule has 0 bridgehead atoms. The maximum absolute atomic E-state index is 12.6. The minimum absolute atomic E-state index is 0.226. The number of hydrogen-bond donors (Lipinski definition) is 2. The summed E-state index contributed by atoms with van der Waals surface area (Å²) in [5.41, 5.74) is 2.82. The zero-order valence-electron chi connectivity index (χ0n) is 11.9. The lowest BCUT2D eigenvalue weighted by atomic mass is 10.1. The predicted octanol–water partition coefficient (Wildman–Crippen LogP) is 2.67. The summed E-state index contributed by atoms with van der Waals surface area (Å²) in [6.07, 6.45) is -1.84. The molecule has 0 radical (unpaired) electrons. The Hall–Kier alpha value is -2.18. The minimum Gasteiger partial charge on any atom is -0.480 e. The van der Waals surface area contributed by atoms with E-state index in [1.807, 2.05) is 19.9 Å². The molecular formula is C14H17F2N3O2. The molecule has 7 heteroatoms. The van der Waals surface area contributed by atoms with Gasteiger partial charge in [-0.1, -0.05) is 6.92 Å². The van der Waals surface area contributed by atoms with E-state index in [4.69, 9.17) is 5.11 Å². The normalized spacial score (nSPS) is 11.3. The number of hydrogen-bond acceptors (Lipinski definition) is 3. The van der Waals surface area contributed by atoms with Crippen molar-refractivity contribution in [1.82, 2.24) is 9.78 Å². The molecule has 0 aliphatic rings. The van der Waals surface area contributed by atoms with Crippen LogP contribution in [0, 0.1) is 6.92 Å². The second-order valence-electron chi connectivity index (χ2n) is 4.81. The molecule has 1 aromatic carbocycles. The van der Waals surface area contributed by atoms with Crippen LogP contribution in [-0.4, -0.2) is 33.8 Å². The maximum atomic E-state index is 12.6. The number of fused-ring (bicyclic) bond motifs is 1. The molecule has 0 spiro atoms. The van der Waals surface area contributed by atoms with Crippen molar-refractivity contribution in [2.75, 3.05) is 11.9 Å². The number of benzene rings is 1. The van der Waals surface area contributed by atoms with Crippen LogP contribution >= 0.6 is 0 Å². The van der Waals surface area contributed by atoms with Gasteiger partial charge < -0.3 is 10.4 Å². The number of alkyl halides is 2. The van der Waals surface area contributed by atoms with E-state index >= 15 is 0 Å². The number of carboxylic acids is 1. The number of nitrogens with zero attached hydrogens (tertiary/aromatic N) is 2. The summed E-state index contributed by atoms with van der Waals surface area (Å²) in [5.74, 6) is -0.982. The largest absolute Gasteiger partial charge is 0.480 e. The number of nitrogens with one attached hydrogen (secondary N) is 1. The third kappa shape index (κ3) is 3.29. The maximum Gasteiger partial charge on any atom is 0.322 e. The van der Waals surface area contributed by atoms with Crippen LogP contribution in [0.3, 0.4) is 0 Å². The SMILES string of the molecule is CCc1nn(CC(F)F)c2cc(NCC(=O)O)c(C)cc12. The van der Waals surface area contributed by atoms with Crippen LogP contribution in [0.2, 0.25) is 0 Å². The van der Waals surface area contributed by atoms with Gasteiger partial charge in [0, 0.05) is 11.1 Å². The van der Waals surface area contributed by atoms with E-state index in [2.05, 4.69) is 10.4 Å². The molecule has 0 aliphatic carbocycles. The summed E-state index contributed by atoms with van der Waals surface area (Å²) in [6.45, 7) is 3.06. The summed E-state index contributed by atoms with van der Waals surface area (Å²) in [7, 11) is 0. The molecule has 1 heterocycles. The number of aromatic nitrogens is 2. The second kappa shape index (κ2) is 6.07. The van der Waals surface area contributed by atoms with Crippen LogP contribution in [0.5, 0.6) is 0 Å². The number of rotatable bonds is 6. The van der Waals surface area contributed by atoms with E-state index in [1.165, 1.54) is 4.68 Å². The number of carbonyl (C=O) groups is 1. The lowest BCUT2D eigenvalue weighted by molar-refractivity contribution is -0.134. The van der Waals surface area contributed by atoms with Crippen molar-refractivity contribution >= 4 is 22.6 Å². The molecule has 0 aliphatic heterocycles. The van der Waals surface area contributed by atoms with Gasteiger partial charge in [0.05, 0.1) is 11.2 Å². The molecule has 0 atom stereocenters. The summed E-state index contributed by atoms with van der Waals surface area (Å²) in [4.78, 5) is 10.6. The highest BCUT2D eigenvalue weighted by molar-refractivity contribution is 5.87. The van der Waals surface area contributed by atoms with Crippen molar-refractivity contribution in [3.63, 3.8) is 0 Å². The molecule has 2 aromatic rings. The minimum atomic E-state index is -2.49. The monoisotopic (exact) mass is 297 g/mol. The average molecular weight is 297 g/mol. The average Bonchev–Trinajstić information content (AvgIpc) is 2.72. The Labute approximate surface area is 120 Å². The molecule has 0 saturated heterocycles. The van der Waals surface area contributed by atoms with Crippen LogP contribution in [0.1, 0.15) is 18.2 Å². The molecule has 2 rings (SSSR count). The summed E-state index contributed by atoms with van der Waals surface area (Å²) >= 11 is 0. The van der Waals surface area contributed by atoms with E-state index in [1.54, 1.807) is 6.07 Å². The molecule has 0 unspecified atom stereocenters. The van der Waals surface area contributed by atoms with Crippen LogP contribution < -0.4 is 5.32 Å². The number of anilines is 1. The Balaban J connectivity index is 2.49. The van der Waals surface area contributed by atoms with Gasteiger partial charge in [0.2, 0.25) is 0 Å². The third-order valence-electron chi connectivity index (χ3n) is 3.25. The van der Waals surface area contributed by atoms with Gasteiger partial charge in [0.15, 0.2) is 0 Å². The summed E-state index contributed by atoms with van der Waals surface area (Å²) < 4.78 is 26.6. The highest BCUT2D eigenvalue weighted by Crippen LogP contribution is 2.27. The Kier molecular flexibility index (Phi) is 4.40. The fourth-order valence-electron chi connectivity index (χ4n) is 2.29. The number of aryl methyl sites for hydroxylation is 2. The first-order valence-corrected chi connectivity index (χ1v) is 6.66. The fourth-order valence-corrected chi connectivity index (χ4v) is 2.29. The van der Waals surface area contributed by atoms with Gasteiger partial charge in [-0.2, -0.15) is 5.10 Å². The van der Waals surface area contributed by atoms with Crippen molar-refractivity contribution < 1.29 is 18.7 Å². The van der Waals surface area contributed by atoms with Gasteiger partial charge in [0.1, 0.15) is 13.1 Å². The molecule has 21 heavy (non-hydrogen) atoms. The van der Waals surface area contributed by atoms with Crippen LogP contribution in [0.15, 0.2) is 12.1 Å². The first-order valence-electron chi connectivity index (χ1n) is 6.66. The van der Waals surface area contributed by atoms with Crippen LogP contribution in [-0.2, 0) is 17.8 Å². The molecule has 1 aromatic heterocycles. The van der Waals surface area contributed by atoms with Crippen molar-refractivity contribution in [3.05, 3.63) is 23.4 Å². The number of carboxylic acid groups (broad SMARTS) is 1. The molecule has 114 valence electrons. The Morgan fingerprint density at radius 1 is 1.48 bits per heavy atom. The Morgan fingerprint density at radius 2 is 2.19 bits per heavy atom.